The van der Waals surface area contributed by atoms with Gasteiger partial charge in [-0.05, 0) is 34.2 Å². The molecule has 0 saturated carbocycles. The minimum atomic E-state index is -0.293. The van der Waals surface area contributed by atoms with Crippen LogP contribution in [0.4, 0.5) is 4.79 Å². The summed E-state index contributed by atoms with van der Waals surface area (Å²) in [6.45, 7) is 3.45. The first-order valence-electron chi connectivity index (χ1n) is 8.98. The third kappa shape index (κ3) is 2.44. The van der Waals surface area contributed by atoms with Gasteiger partial charge < -0.3 is 9.64 Å². The molecule has 0 aromatic heterocycles. The number of hydrogen-bond acceptors (Lipinski definition) is 3. The molecule has 2 aliphatic heterocycles. The van der Waals surface area contributed by atoms with Crippen LogP contribution in [0.15, 0.2) is 42.5 Å². The Morgan fingerprint density at radius 2 is 1.92 bits per heavy atom. The molecule has 1 aliphatic carbocycles. The number of nitrogens with zero attached hydrogens (tertiary/aromatic N) is 2. The van der Waals surface area contributed by atoms with Crippen LogP contribution in [0.3, 0.4) is 0 Å². The first-order chi connectivity index (χ1) is 12.1. The summed E-state index contributed by atoms with van der Waals surface area (Å²) in [7, 11) is 1.82. The summed E-state index contributed by atoms with van der Waals surface area (Å²) < 4.78 is 5.65. The largest absolute Gasteiger partial charge is 0.439 e. The van der Waals surface area contributed by atoms with Gasteiger partial charge in [0.2, 0.25) is 0 Å². The van der Waals surface area contributed by atoms with Crippen molar-refractivity contribution in [2.75, 3.05) is 26.7 Å². The first-order valence-corrected chi connectivity index (χ1v) is 8.98. The quantitative estimate of drug-likeness (QED) is 0.721. The Bertz CT molecular complexity index is 863. The lowest BCUT2D eigenvalue weighted by Crippen LogP contribution is -2.37. The Kier molecular flexibility index (Phi) is 3.19. The van der Waals surface area contributed by atoms with Crippen LogP contribution in [-0.2, 0) is 17.7 Å². The molecule has 2 aromatic carbocycles. The van der Waals surface area contributed by atoms with Crippen molar-refractivity contribution < 1.29 is 9.53 Å². The monoisotopic (exact) mass is 334 g/mol. The van der Waals surface area contributed by atoms with Gasteiger partial charge in [0.25, 0.3) is 0 Å². The third-order valence-corrected chi connectivity index (χ3v) is 5.80. The van der Waals surface area contributed by atoms with Crippen molar-refractivity contribution in [2.24, 2.45) is 0 Å². The van der Waals surface area contributed by atoms with Gasteiger partial charge in [0, 0.05) is 33.1 Å². The van der Waals surface area contributed by atoms with Crippen LogP contribution >= 0.6 is 0 Å². The van der Waals surface area contributed by atoms with E-state index in [1.807, 2.05) is 7.05 Å². The van der Waals surface area contributed by atoms with Gasteiger partial charge >= 0.3 is 6.09 Å². The predicted molar refractivity (Wildman–Crippen MR) is 96.4 cm³/mol. The zero-order valence-corrected chi connectivity index (χ0v) is 14.5. The summed E-state index contributed by atoms with van der Waals surface area (Å²) in [6.07, 6.45) is 1.78. The highest BCUT2D eigenvalue weighted by atomic mass is 16.6. The number of carbonyl (C=O) groups excluding carboxylic acids is 1. The molecule has 4 nitrogen and oxygen atoms in total. The van der Waals surface area contributed by atoms with Crippen molar-refractivity contribution in [3.63, 3.8) is 0 Å². The van der Waals surface area contributed by atoms with Crippen LogP contribution in [-0.4, -0.2) is 48.2 Å². The van der Waals surface area contributed by atoms with Crippen molar-refractivity contribution in [1.82, 2.24) is 9.80 Å². The zero-order chi connectivity index (χ0) is 17.0. The topological polar surface area (TPSA) is 32.8 Å². The standard InChI is InChI=1S/C21H22N2O2/c1-22-13-21(25-20(22)24)8-9-23(14-21)12-15-6-7-19-17(10-15)11-16-4-2-3-5-18(16)19/h2-7,10H,8-9,11-14H2,1H3/t21-/m1/s1. The number of likely N-dealkylation sites (tertiary alicyclic amines) is 1. The summed E-state index contributed by atoms with van der Waals surface area (Å²) in [6, 6.07) is 15.6. The van der Waals surface area contributed by atoms with Crippen LogP contribution in [0.2, 0.25) is 0 Å². The molecule has 25 heavy (non-hydrogen) atoms. The highest BCUT2D eigenvalue weighted by molar-refractivity contribution is 5.76. The second-order valence-corrected chi connectivity index (χ2v) is 7.69. The summed E-state index contributed by atoms with van der Waals surface area (Å²) in [5.41, 5.74) is 6.67. The van der Waals surface area contributed by atoms with E-state index in [0.717, 1.165) is 32.5 Å². The van der Waals surface area contributed by atoms with E-state index in [2.05, 4.69) is 47.4 Å². The highest BCUT2D eigenvalue weighted by Crippen LogP contribution is 2.37. The molecular weight excluding hydrogens is 312 g/mol. The number of benzene rings is 2. The smallest absolute Gasteiger partial charge is 0.410 e. The van der Waals surface area contributed by atoms with Crippen LogP contribution in [0.1, 0.15) is 23.1 Å². The molecule has 4 heteroatoms. The Morgan fingerprint density at radius 3 is 2.76 bits per heavy atom. The van der Waals surface area contributed by atoms with Gasteiger partial charge in [0.1, 0.15) is 5.60 Å². The molecule has 1 atom stereocenters. The SMILES string of the molecule is CN1C[C@@]2(CCN(Cc3ccc4c(c3)Cc3ccccc3-4)C2)OC1=O. The normalized spacial score (nSPS) is 24.7. The maximum absolute atomic E-state index is 11.7. The molecule has 1 spiro atoms. The van der Waals surface area contributed by atoms with Gasteiger partial charge in [-0.2, -0.15) is 0 Å². The Balaban J connectivity index is 1.32. The molecule has 5 rings (SSSR count). The molecule has 2 fully saturated rings. The molecule has 2 aromatic rings. The van der Waals surface area contributed by atoms with E-state index >= 15 is 0 Å². The fourth-order valence-corrected chi connectivity index (χ4v) is 4.62. The Morgan fingerprint density at radius 1 is 1.08 bits per heavy atom. The summed E-state index contributed by atoms with van der Waals surface area (Å²) >= 11 is 0. The number of ether oxygens (including phenoxy) is 1. The lowest BCUT2D eigenvalue weighted by Gasteiger charge is -2.22. The predicted octanol–water partition coefficient (Wildman–Crippen LogP) is 3.28. The van der Waals surface area contributed by atoms with Crippen molar-refractivity contribution in [2.45, 2.75) is 25.0 Å². The molecular formula is C21H22N2O2. The van der Waals surface area contributed by atoms with E-state index in [0.29, 0.717) is 6.54 Å². The van der Waals surface area contributed by atoms with Gasteiger partial charge in [-0.1, -0.05) is 42.5 Å². The van der Waals surface area contributed by atoms with E-state index in [1.54, 1.807) is 4.90 Å². The number of fused-ring (bicyclic) bond motifs is 3. The highest BCUT2D eigenvalue weighted by Gasteiger charge is 2.48. The lowest BCUT2D eigenvalue weighted by atomic mass is 10.0. The minimum absolute atomic E-state index is 0.183. The Hall–Kier alpha value is -2.33. The molecule has 0 N–H and O–H groups in total. The first kappa shape index (κ1) is 15.0. The van der Waals surface area contributed by atoms with Crippen molar-refractivity contribution in [3.8, 4) is 11.1 Å². The van der Waals surface area contributed by atoms with Crippen molar-refractivity contribution in [3.05, 3.63) is 59.2 Å². The molecule has 3 aliphatic rings. The molecule has 0 bridgehead atoms. The van der Waals surface area contributed by atoms with E-state index in [-0.39, 0.29) is 11.7 Å². The van der Waals surface area contributed by atoms with Gasteiger partial charge in [-0.25, -0.2) is 4.79 Å². The Labute approximate surface area is 148 Å². The van der Waals surface area contributed by atoms with Crippen LogP contribution < -0.4 is 0 Å². The zero-order valence-electron chi connectivity index (χ0n) is 14.5. The second-order valence-electron chi connectivity index (χ2n) is 7.69. The average Bonchev–Trinajstić information content (AvgIpc) is 3.23. The van der Waals surface area contributed by atoms with Gasteiger partial charge in [0.15, 0.2) is 0 Å². The minimum Gasteiger partial charge on any atom is -0.439 e. The number of amides is 1. The fourth-order valence-electron chi connectivity index (χ4n) is 4.62. The van der Waals surface area contributed by atoms with Crippen molar-refractivity contribution in [1.29, 1.82) is 0 Å². The van der Waals surface area contributed by atoms with Crippen molar-refractivity contribution >= 4 is 6.09 Å². The van der Waals surface area contributed by atoms with Crippen LogP contribution in [0, 0.1) is 0 Å². The van der Waals surface area contributed by atoms with Crippen LogP contribution in [0.25, 0.3) is 11.1 Å². The third-order valence-electron chi connectivity index (χ3n) is 5.80. The molecule has 128 valence electrons. The maximum atomic E-state index is 11.7. The average molecular weight is 334 g/mol. The van der Waals surface area contributed by atoms with E-state index in [4.69, 9.17) is 4.74 Å². The summed E-state index contributed by atoms with van der Waals surface area (Å²) in [4.78, 5) is 15.8. The molecule has 0 unspecified atom stereocenters. The number of hydrogen-bond donors (Lipinski definition) is 0. The molecule has 0 radical (unpaired) electrons. The second kappa shape index (κ2) is 5.33. The molecule has 2 saturated heterocycles. The summed E-state index contributed by atoms with van der Waals surface area (Å²) in [5, 5.41) is 0. The molecule has 1 amide bonds. The number of likely N-dealkylation sites (N-methyl/N-ethyl adjacent to an activating group) is 1. The summed E-state index contributed by atoms with van der Waals surface area (Å²) in [5.74, 6) is 0. The molecule has 2 heterocycles. The number of carbonyl (C=O) groups is 1. The van der Waals surface area contributed by atoms with E-state index in [9.17, 15) is 4.79 Å². The van der Waals surface area contributed by atoms with E-state index in [1.165, 1.54) is 27.8 Å². The van der Waals surface area contributed by atoms with E-state index < -0.39 is 0 Å². The maximum Gasteiger partial charge on any atom is 0.410 e. The lowest BCUT2D eigenvalue weighted by molar-refractivity contribution is 0.0627. The van der Waals surface area contributed by atoms with Crippen LogP contribution in [0.5, 0.6) is 0 Å². The van der Waals surface area contributed by atoms with Gasteiger partial charge in [-0.3, -0.25) is 4.90 Å². The number of rotatable bonds is 2. The fraction of sp³-hybridized carbons (Fsp3) is 0.381. The van der Waals surface area contributed by atoms with Gasteiger partial charge in [-0.15, -0.1) is 0 Å². The van der Waals surface area contributed by atoms with Gasteiger partial charge in [0.05, 0.1) is 6.54 Å².